The highest BCUT2D eigenvalue weighted by Gasteiger charge is 2.30. The molecular formula is C26H32N2O6. The lowest BCUT2D eigenvalue weighted by molar-refractivity contribution is -0.137. The maximum Gasteiger partial charge on any atom is 0.407 e. The summed E-state index contributed by atoms with van der Waals surface area (Å²) < 4.78 is 10.7. The molecule has 0 bridgehead atoms. The number of hydrogen-bond acceptors (Lipinski definition) is 5. The topological polar surface area (TPSA) is 114 Å². The smallest absolute Gasteiger partial charge is 0.407 e. The van der Waals surface area contributed by atoms with Crippen LogP contribution in [0.3, 0.4) is 0 Å². The quantitative estimate of drug-likeness (QED) is 0.465. The van der Waals surface area contributed by atoms with E-state index in [1.54, 1.807) is 7.11 Å². The molecule has 8 nitrogen and oxygen atoms in total. The van der Waals surface area contributed by atoms with Crippen LogP contribution in [0.15, 0.2) is 48.5 Å². The van der Waals surface area contributed by atoms with Crippen LogP contribution in [-0.2, 0) is 19.1 Å². The average molecular weight is 469 g/mol. The molecule has 0 radical (unpaired) electrons. The Morgan fingerprint density at radius 1 is 0.971 bits per heavy atom. The molecule has 1 aliphatic carbocycles. The highest BCUT2D eigenvalue weighted by Crippen LogP contribution is 2.44. The Labute approximate surface area is 199 Å². The number of carboxylic acid groups (broad SMARTS) is 1. The molecule has 182 valence electrons. The molecule has 0 aromatic heterocycles. The molecule has 0 heterocycles. The van der Waals surface area contributed by atoms with Crippen LogP contribution >= 0.6 is 0 Å². The van der Waals surface area contributed by atoms with E-state index in [1.165, 1.54) is 0 Å². The Morgan fingerprint density at radius 3 is 2.09 bits per heavy atom. The number of alkyl carbamates (subject to hydrolysis) is 1. The minimum absolute atomic E-state index is 0.0524. The predicted molar refractivity (Wildman–Crippen MR) is 128 cm³/mol. The fourth-order valence-electron chi connectivity index (χ4n) is 4.18. The number of benzene rings is 2. The lowest BCUT2D eigenvalue weighted by Crippen LogP contribution is -2.52. The molecule has 3 N–H and O–H groups in total. The van der Waals surface area contributed by atoms with Gasteiger partial charge in [0.25, 0.3) is 0 Å². The van der Waals surface area contributed by atoms with Gasteiger partial charge in [-0.15, -0.1) is 0 Å². The minimum atomic E-state index is -1.05. The molecule has 2 amide bonds. The van der Waals surface area contributed by atoms with Gasteiger partial charge in [-0.25, -0.2) is 4.79 Å². The van der Waals surface area contributed by atoms with Gasteiger partial charge in [0.15, 0.2) is 0 Å². The van der Waals surface area contributed by atoms with Gasteiger partial charge in [-0.05, 0) is 34.6 Å². The molecule has 0 aliphatic heterocycles. The van der Waals surface area contributed by atoms with Gasteiger partial charge in [-0.2, -0.15) is 0 Å². The van der Waals surface area contributed by atoms with Gasteiger partial charge in [-0.3, -0.25) is 9.59 Å². The number of carboxylic acids is 1. The van der Waals surface area contributed by atoms with Gasteiger partial charge in [0, 0.05) is 19.4 Å². The van der Waals surface area contributed by atoms with E-state index in [0.717, 1.165) is 22.3 Å². The van der Waals surface area contributed by atoms with Crippen LogP contribution < -0.4 is 10.6 Å². The standard InChI is InChI=1S/C26H32N2O6/c1-16(2)23(15-33-3)27-25(31)22(12-13-24(29)30)28-26(32)34-14-21-19-10-6-4-8-17(19)18-9-5-7-11-20(18)21/h4-11,16,21-23H,12-15H2,1-3H3,(H,27,31)(H,28,32)(H,29,30). The minimum Gasteiger partial charge on any atom is -0.481 e. The number of carbonyl (C=O) groups excluding carboxylic acids is 2. The van der Waals surface area contributed by atoms with Crippen LogP contribution in [0.2, 0.25) is 0 Å². The lowest BCUT2D eigenvalue weighted by Gasteiger charge is -2.25. The number of aliphatic carboxylic acids is 1. The van der Waals surface area contributed by atoms with Gasteiger partial charge in [0.1, 0.15) is 12.6 Å². The van der Waals surface area contributed by atoms with Crippen molar-refractivity contribution < 1.29 is 29.0 Å². The number of ether oxygens (including phenoxy) is 2. The summed E-state index contributed by atoms with van der Waals surface area (Å²) in [4.78, 5) is 36.6. The number of hydrogen-bond donors (Lipinski definition) is 3. The first-order valence-corrected chi connectivity index (χ1v) is 11.4. The summed E-state index contributed by atoms with van der Waals surface area (Å²) in [5.41, 5.74) is 4.39. The molecule has 2 aromatic carbocycles. The van der Waals surface area contributed by atoms with E-state index in [2.05, 4.69) is 10.6 Å². The Kier molecular flexibility index (Phi) is 8.65. The molecule has 2 unspecified atom stereocenters. The third-order valence-electron chi connectivity index (χ3n) is 6.08. The van der Waals surface area contributed by atoms with Crippen LogP contribution in [-0.4, -0.2) is 55.5 Å². The number of methoxy groups -OCH3 is 1. The summed E-state index contributed by atoms with van der Waals surface area (Å²) >= 11 is 0. The Morgan fingerprint density at radius 2 is 1.56 bits per heavy atom. The zero-order valence-electron chi connectivity index (χ0n) is 19.7. The lowest BCUT2D eigenvalue weighted by atomic mass is 9.98. The van der Waals surface area contributed by atoms with Crippen molar-refractivity contribution in [2.24, 2.45) is 5.92 Å². The monoisotopic (exact) mass is 468 g/mol. The van der Waals surface area contributed by atoms with Crippen LogP contribution in [0.5, 0.6) is 0 Å². The summed E-state index contributed by atoms with van der Waals surface area (Å²) in [7, 11) is 1.54. The van der Waals surface area contributed by atoms with Crippen molar-refractivity contribution in [1.29, 1.82) is 0 Å². The van der Waals surface area contributed by atoms with Crippen molar-refractivity contribution >= 4 is 18.0 Å². The maximum atomic E-state index is 12.8. The van der Waals surface area contributed by atoms with E-state index in [9.17, 15) is 14.4 Å². The molecule has 34 heavy (non-hydrogen) atoms. The van der Waals surface area contributed by atoms with Gasteiger partial charge in [0.2, 0.25) is 5.91 Å². The first-order chi connectivity index (χ1) is 16.3. The van der Waals surface area contributed by atoms with Gasteiger partial charge >= 0.3 is 12.1 Å². The van der Waals surface area contributed by atoms with Crippen LogP contribution in [0.25, 0.3) is 11.1 Å². The molecule has 2 aromatic rings. The first kappa shape index (κ1) is 25.2. The van der Waals surface area contributed by atoms with Crippen LogP contribution in [0, 0.1) is 5.92 Å². The Bertz CT molecular complexity index is 976. The molecule has 0 fully saturated rings. The van der Waals surface area contributed by atoms with E-state index in [1.807, 2.05) is 62.4 Å². The summed E-state index contributed by atoms with van der Waals surface area (Å²) in [5, 5.41) is 14.5. The Hall–Kier alpha value is -3.39. The summed E-state index contributed by atoms with van der Waals surface area (Å²) in [5.74, 6) is -1.54. The highest BCUT2D eigenvalue weighted by molar-refractivity contribution is 5.86. The fraction of sp³-hybridized carbons (Fsp3) is 0.423. The van der Waals surface area contributed by atoms with Crippen LogP contribution in [0.1, 0.15) is 43.7 Å². The second-order valence-corrected chi connectivity index (χ2v) is 8.77. The van der Waals surface area contributed by atoms with E-state index >= 15 is 0 Å². The second kappa shape index (κ2) is 11.7. The van der Waals surface area contributed by atoms with Crippen molar-refractivity contribution in [1.82, 2.24) is 10.6 Å². The summed E-state index contributed by atoms with van der Waals surface area (Å²) in [6.07, 6.45) is -1.08. The van der Waals surface area contributed by atoms with Crippen molar-refractivity contribution in [3.05, 3.63) is 59.7 Å². The molecular weight excluding hydrogens is 436 g/mol. The average Bonchev–Trinajstić information content (AvgIpc) is 3.13. The van der Waals surface area contributed by atoms with E-state index in [0.29, 0.717) is 6.61 Å². The molecule has 8 heteroatoms. The fourth-order valence-corrected chi connectivity index (χ4v) is 4.18. The second-order valence-electron chi connectivity index (χ2n) is 8.77. The van der Waals surface area contributed by atoms with Crippen molar-refractivity contribution in [3.63, 3.8) is 0 Å². The zero-order valence-corrected chi connectivity index (χ0v) is 19.7. The van der Waals surface area contributed by atoms with Crippen molar-refractivity contribution in [2.75, 3.05) is 20.3 Å². The third kappa shape index (κ3) is 6.14. The highest BCUT2D eigenvalue weighted by atomic mass is 16.5. The molecule has 0 saturated carbocycles. The molecule has 0 saturated heterocycles. The van der Waals surface area contributed by atoms with E-state index in [-0.39, 0.29) is 37.3 Å². The molecule has 1 aliphatic rings. The first-order valence-electron chi connectivity index (χ1n) is 11.4. The predicted octanol–water partition coefficient (Wildman–Crippen LogP) is 3.55. The molecule has 3 rings (SSSR count). The van der Waals surface area contributed by atoms with Gasteiger partial charge in [0.05, 0.1) is 12.6 Å². The number of carbonyl (C=O) groups is 3. The normalized spacial score (nSPS) is 14.1. The number of rotatable bonds is 11. The third-order valence-corrected chi connectivity index (χ3v) is 6.08. The van der Waals surface area contributed by atoms with Gasteiger partial charge in [-0.1, -0.05) is 62.4 Å². The number of nitrogens with one attached hydrogen (secondary N) is 2. The number of amides is 2. The molecule has 0 spiro atoms. The van der Waals surface area contributed by atoms with Gasteiger partial charge < -0.3 is 25.2 Å². The zero-order chi connectivity index (χ0) is 24.7. The van der Waals surface area contributed by atoms with Crippen molar-refractivity contribution in [2.45, 2.75) is 44.7 Å². The van der Waals surface area contributed by atoms with Crippen LogP contribution in [0.4, 0.5) is 4.79 Å². The number of fused-ring (bicyclic) bond motifs is 3. The van der Waals surface area contributed by atoms with E-state index < -0.39 is 24.0 Å². The summed E-state index contributed by atoms with van der Waals surface area (Å²) in [6.45, 7) is 4.29. The SMILES string of the molecule is COCC(NC(=O)C(CCC(=O)O)NC(=O)OCC1c2ccccc2-c2ccccc21)C(C)C. The summed E-state index contributed by atoms with van der Waals surface area (Å²) in [6, 6.07) is 14.7. The Balaban J connectivity index is 1.66. The largest absolute Gasteiger partial charge is 0.481 e. The maximum absolute atomic E-state index is 12.8. The van der Waals surface area contributed by atoms with Crippen molar-refractivity contribution in [3.8, 4) is 11.1 Å². The van der Waals surface area contributed by atoms with E-state index in [4.69, 9.17) is 14.6 Å². The molecule has 2 atom stereocenters.